The van der Waals surface area contributed by atoms with Crippen LogP contribution in [0.2, 0.25) is 5.02 Å². The standard InChI is InChI=1S/C13H9ClN2O3S/c1-7-9-6-8(14)2-3-10(9)19-13(7)20(18)12-5-4-11(17)15-16-12/h2-6H,1H3,(H,15,17). The first-order valence-electron chi connectivity index (χ1n) is 5.72. The smallest absolute Gasteiger partial charge is 0.322 e. The molecular weight excluding hydrogens is 300 g/mol. The Balaban J connectivity index is 2.11. The predicted octanol–water partition coefficient (Wildman–Crippen LogP) is 2.64. The van der Waals surface area contributed by atoms with Crippen LogP contribution in [0.25, 0.3) is 11.0 Å². The van der Waals surface area contributed by atoms with Gasteiger partial charge in [0.05, 0.1) is 16.7 Å². The van der Waals surface area contributed by atoms with Crippen molar-refractivity contribution in [2.24, 2.45) is 0 Å². The van der Waals surface area contributed by atoms with Crippen molar-refractivity contribution in [3.05, 3.63) is 51.3 Å². The van der Waals surface area contributed by atoms with Gasteiger partial charge in [-0.1, -0.05) is 11.6 Å². The largest absolute Gasteiger partial charge is 0.603 e. The van der Waals surface area contributed by atoms with Gasteiger partial charge in [-0.05, 0) is 25.1 Å². The molecule has 0 aliphatic heterocycles. The first-order valence-corrected chi connectivity index (χ1v) is 7.25. The zero-order valence-corrected chi connectivity index (χ0v) is 11.9. The van der Waals surface area contributed by atoms with Gasteiger partial charge in [-0.25, -0.2) is 5.10 Å². The summed E-state index contributed by atoms with van der Waals surface area (Å²) in [6.45, 7) is 1.81. The lowest BCUT2D eigenvalue weighted by molar-refractivity contribution is 0.475. The number of benzene rings is 1. The van der Waals surface area contributed by atoms with E-state index in [0.29, 0.717) is 15.7 Å². The lowest BCUT2D eigenvalue weighted by Crippen LogP contribution is -2.12. The van der Waals surface area contributed by atoms with Crippen LogP contribution in [0, 0.1) is 6.92 Å². The number of halogens is 1. The zero-order valence-electron chi connectivity index (χ0n) is 10.3. The molecule has 2 heterocycles. The fraction of sp³-hybridized carbons (Fsp3) is 0.0769. The van der Waals surface area contributed by atoms with Gasteiger partial charge in [0, 0.05) is 22.5 Å². The second-order valence-corrected chi connectivity index (χ2v) is 5.95. The molecule has 0 amide bonds. The third kappa shape index (κ3) is 2.22. The minimum Gasteiger partial charge on any atom is -0.603 e. The maximum absolute atomic E-state index is 12.4. The minimum atomic E-state index is -1.60. The van der Waals surface area contributed by atoms with E-state index in [9.17, 15) is 9.35 Å². The summed E-state index contributed by atoms with van der Waals surface area (Å²) in [5.74, 6) is 0. The molecule has 0 radical (unpaired) electrons. The first-order chi connectivity index (χ1) is 9.56. The molecular formula is C13H9ClN2O3S. The van der Waals surface area contributed by atoms with E-state index in [2.05, 4.69) is 10.2 Å². The Bertz CT molecular complexity index is 823. The zero-order chi connectivity index (χ0) is 14.3. The summed E-state index contributed by atoms with van der Waals surface area (Å²) in [7, 11) is 0. The van der Waals surface area contributed by atoms with Crippen LogP contribution < -0.4 is 5.56 Å². The number of H-pyrrole nitrogens is 1. The van der Waals surface area contributed by atoms with Crippen molar-refractivity contribution in [3.63, 3.8) is 0 Å². The molecule has 1 N–H and O–H groups in total. The minimum absolute atomic E-state index is 0.234. The van der Waals surface area contributed by atoms with Crippen LogP contribution in [0.15, 0.2) is 49.7 Å². The Morgan fingerprint density at radius 3 is 2.85 bits per heavy atom. The van der Waals surface area contributed by atoms with Gasteiger partial charge >= 0.3 is 5.09 Å². The average molecular weight is 309 g/mol. The van der Waals surface area contributed by atoms with Crippen LogP contribution in [0.4, 0.5) is 0 Å². The molecule has 1 aromatic carbocycles. The number of aromatic amines is 1. The number of rotatable bonds is 2. The van der Waals surface area contributed by atoms with E-state index < -0.39 is 11.2 Å². The average Bonchev–Trinajstić information content (AvgIpc) is 2.76. The molecule has 2 aromatic heterocycles. The van der Waals surface area contributed by atoms with E-state index in [1.807, 2.05) is 0 Å². The monoisotopic (exact) mass is 308 g/mol. The highest BCUT2D eigenvalue weighted by molar-refractivity contribution is 7.91. The number of aromatic nitrogens is 2. The van der Waals surface area contributed by atoms with Crippen LogP contribution in [0.5, 0.6) is 0 Å². The molecule has 1 unspecified atom stereocenters. The topological polar surface area (TPSA) is 82.0 Å². The van der Waals surface area contributed by atoms with Crippen molar-refractivity contribution in [2.45, 2.75) is 17.0 Å². The van der Waals surface area contributed by atoms with Gasteiger partial charge in [0.25, 0.3) is 10.6 Å². The van der Waals surface area contributed by atoms with Crippen molar-refractivity contribution in [3.8, 4) is 0 Å². The van der Waals surface area contributed by atoms with Crippen molar-refractivity contribution in [2.75, 3.05) is 0 Å². The third-order valence-electron chi connectivity index (χ3n) is 2.87. The van der Waals surface area contributed by atoms with Gasteiger partial charge in [-0.15, -0.1) is 5.10 Å². The fourth-order valence-corrected chi connectivity index (χ4v) is 3.11. The normalized spacial score (nSPS) is 12.8. The fourth-order valence-electron chi connectivity index (χ4n) is 1.88. The second-order valence-electron chi connectivity index (χ2n) is 4.18. The Kier molecular flexibility index (Phi) is 3.29. The van der Waals surface area contributed by atoms with Crippen LogP contribution in [0.1, 0.15) is 5.56 Å². The summed E-state index contributed by atoms with van der Waals surface area (Å²) in [6.07, 6.45) is 0. The molecule has 20 heavy (non-hydrogen) atoms. The SMILES string of the molecule is Cc1c([S+]([O-])c2ccc(=O)[nH]n2)oc2ccc(Cl)cc12. The van der Waals surface area contributed by atoms with Crippen molar-refractivity contribution >= 4 is 33.7 Å². The number of fused-ring (bicyclic) bond motifs is 1. The lowest BCUT2D eigenvalue weighted by atomic mass is 10.2. The van der Waals surface area contributed by atoms with Gasteiger partial charge in [-0.3, -0.25) is 4.79 Å². The third-order valence-corrected chi connectivity index (χ3v) is 4.44. The highest BCUT2D eigenvalue weighted by atomic mass is 35.5. The summed E-state index contributed by atoms with van der Waals surface area (Å²) in [6, 6.07) is 7.88. The van der Waals surface area contributed by atoms with Crippen LogP contribution >= 0.6 is 11.6 Å². The molecule has 0 spiro atoms. The van der Waals surface area contributed by atoms with Gasteiger partial charge in [-0.2, -0.15) is 0 Å². The van der Waals surface area contributed by atoms with Crippen LogP contribution in [-0.4, -0.2) is 14.8 Å². The molecule has 5 nitrogen and oxygen atoms in total. The number of aryl methyl sites for hydroxylation is 1. The number of nitrogens with one attached hydrogen (secondary N) is 1. The summed E-state index contributed by atoms with van der Waals surface area (Å²) in [4.78, 5) is 11.0. The van der Waals surface area contributed by atoms with Crippen molar-refractivity contribution in [1.29, 1.82) is 0 Å². The van der Waals surface area contributed by atoms with E-state index in [1.54, 1.807) is 25.1 Å². The molecule has 0 saturated carbocycles. The molecule has 1 atom stereocenters. The van der Waals surface area contributed by atoms with Gasteiger partial charge in [0.1, 0.15) is 5.58 Å². The molecule has 0 fully saturated rings. The number of hydrogen-bond donors (Lipinski definition) is 1. The lowest BCUT2D eigenvalue weighted by Gasteiger charge is -2.04. The molecule has 3 rings (SSSR count). The highest BCUT2D eigenvalue weighted by Gasteiger charge is 2.26. The summed E-state index contributed by atoms with van der Waals surface area (Å²) in [5.41, 5.74) is 1.01. The van der Waals surface area contributed by atoms with Gasteiger partial charge in [0.2, 0.25) is 0 Å². The van der Waals surface area contributed by atoms with E-state index in [1.165, 1.54) is 12.1 Å². The maximum atomic E-state index is 12.4. The Morgan fingerprint density at radius 1 is 1.35 bits per heavy atom. The summed E-state index contributed by atoms with van der Waals surface area (Å²) >= 11 is 4.35. The second kappa shape index (κ2) is 4.97. The molecule has 0 bridgehead atoms. The van der Waals surface area contributed by atoms with Crippen LogP contribution in [0.3, 0.4) is 0 Å². The number of furan rings is 1. The predicted molar refractivity (Wildman–Crippen MR) is 75.5 cm³/mol. The highest BCUT2D eigenvalue weighted by Crippen LogP contribution is 2.32. The molecule has 0 aliphatic carbocycles. The van der Waals surface area contributed by atoms with Gasteiger partial charge < -0.3 is 8.97 Å². The quantitative estimate of drug-likeness (QED) is 0.738. The van der Waals surface area contributed by atoms with E-state index in [-0.39, 0.29) is 10.6 Å². The van der Waals surface area contributed by atoms with Crippen molar-refractivity contribution in [1.82, 2.24) is 10.2 Å². The summed E-state index contributed by atoms with van der Waals surface area (Å²) in [5, 5.41) is 7.95. The molecule has 0 saturated heterocycles. The van der Waals surface area contributed by atoms with E-state index >= 15 is 0 Å². The first kappa shape index (κ1) is 13.2. The Labute approximate surface area is 121 Å². The number of hydrogen-bond acceptors (Lipinski definition) is 4. The van der Waals surface area contributed by atoms with E-state index in [0.717, 1.165) is 10.9 Å². The van der Waals surface area contributed by atoms with E-state index in [4.69, 9.17) is 16.0 Å². The van der Waals surface area contributed by atoms with Crippen molar-refractivity contribution < 1.29 is 8.97 Å². The maximum Gasteiger partial charge on any atom is 0.322 e. The number of nitrogens with zero attached hydrogens (tertiary/aromatic N) is 1. The van der Waals surface area contributed by atoms with Gasteiger partial charge in [0.15, 0.2) is 0 Å². The molecule has 7 heteroatoms. The molecule has 3 aromatic rings. The Morgan fingerprint density at radius 2 is 2.15 bits per heavy atom. The molecule has 0 aliphatic rings. The molecule has 102 valence electrons. The Hall–Kier alpha value is -1.76. The summed E-state index contributed by atoms with van der Waals surface area (Å²) < 4.78 is 18.0. The van der Waals surface area contributed by atoms with Crippen LogP contribution in [-0.2, 0) is 11.2 Å².